The predicted molar refractivity (Wildman–Crippen MR) is 44.6 cm³/mol. The number of pyridine rings is 1. The third kappa shape index (κ3) is 1.91. The van der Waals surface area contributed by atoms with Crippen molar-refractivity contribution in [3.8, 4) is 0 Å². The molecule has 1 atom stereocenters. The monoisotopic (exact) mass is 171 g/mol. The van der Waals surface area contributed by atoms with Crippen molar-refractivity contribution in [2.45, 2.75) is 20.0 Å². The molecular weight excluding hydrogens is 162 g/mol. The number of aromatic nitrogens is 1. The zero-order valence-corrected chi connectivity index (χ0v) is 7.26. The fourth-order valence-electron chi connectivity index (χ4n) is 0.970. The number of rotatable bonds is 1. The molecule has 11 heavy (non-hydrogen) atoms. The molecular formula is C8H10ClNO. The third-order valence-electron chi connectivity index (χ3n) is 1.57. The third-order valence-corrected chi connectivity index (χ3v) is 1.77. The van der Waals surface area contributed by atoms with E-state index in [4.69, 9.17) is 11.6 Å². The predicted octanol–water partition coefficient (Wildman–Crippen LogP) is 2.10. The zero-order valence-electron chi connectivity index (χ0n) is 6.50. The fourth-order valence-corrected chi connectivity index (χ4v) is 1.18. The normalized spacial score (nSPS) is 13.1. The summed E-state index contributed by atoms with van der Waals surface area (Å²) in [7, 11) is 0. The number of aryl methyl sites for hydroxylation is 1. The van der Waals surface area contributed by atoms with E-state index in [1.165, 1.54) is 0 Å². The van der Waals surface area contributed by atoms with Crippen LogP contribution in [0, 0.1) is 6.92 Å². The molecule has 1 heterocycles. The molecule has 0 unspecified atom stereocenters. The largest absolute Gasteiger partial charge is 0.389 e. The molecule has 1 rings (SSSR count). The number of hydrogen-bond donors (Lipinski definition) is 1. The average Bonchev–Trinajstić information content (AvgIpc) is 1.85. The van der Waals surface area contributed by atoms with Crippen molar-refractivity contribution in [2.75, 3.05) is 0 Å². The van der Waals surface area contributed by atoms with Crippen LogP contribution in [0.4, 0.5) is 0 Å². The Morgan fingerprint density at radius 1 is 1.64 bits per heavy atom. The van der Waals surface area contributed by atoms with Gasteiger partial charge < -0.3 is 5.11 Å². The van der Waals surface area contributed by atoms with E-state index in [1.807, 2.05) is 6.92 Å². The lowest BCUT2D eigenvalue weighted by Crippen LogP contribution is -1.95. The lowest BCUT2D eigenvalue weighted by molar-refractivity contribution is 0.198. The first-order chi connectivity index (χ1) is 5.11. The summed E-state index contributed by atoms with van der Waals surface area (Å²) in [5.41, 5.74) is 1.80. The highest BCUT2D eigenvalue weighted by Crippen LogP contribution is 2.17. The average molecular weight is 172 g/mol. The molecule has 3 heteroatoms. The molecule has 0 aromatic carbocycles. The molecule has 60 valence electrons. The van der Waals surface area contributed by atoms with Crippen molar-refractivity contribution in [3.63, 3.8) is 0 Å². The van der Waals surface area contributed by atoms with E-state index in [2.05, 4.69) is 4.98 Å². The molecule has 0 saturated heterocycles. The van der Waals surface area contributed by atoms with Crippen LogP contribution in [0.15, 0.2) is 12.3 Å². The Kier molecular flexibility index (Phi) is 2.47. The van der Waals surface area contributed by atoms with Crippen LogP contribution in [0.5, 0.6) is 0 Å². The van der Waals surface area contributed by atoms with Crippen molar-refractivity contribution in [2.24, 2.45) is 0 Å². The molecule has 1 N–H and O–H groups in total. The summed E-state index contributed by atoms with van der Waals surface area (Å²) in [6.45, 7) is 3.60. The van der Waals surface area contributed by atoms with Crippen LogP contribution in [-0.2, 0) is 0 Å². The maximum absolute atomic E-state index is 9.21. The summed E-state index contributed by atoms with van der Waals surface area (Å²) in [5, 5.41) is 9.68. The van der Waals surface area contributed by atoms with Crippen molar-refractivity contribution in [3.05, 3.63) is 28.5 Å². The molecule has 0 aliphatic rings. The van der Waals surface area contributed by atoms with Crippen molar-refractivity contribution in [1.82, 2.24) is 4.98 Å². The molecule has 0 aliphatic heterocycles. The molecule has 0 radical (unpaired) electrons. The Morgan fingerprint density at radius 2 is 2.27 bits per heavy atom. The van der Waals surface area contributed by atoms with E-state index >= 15 is 0 Å². The molecule has 0 fully saturated rings. The Balaban J connectivity index is 3.09. The van der Waals surface area contributed by atoms with E-state index < -0.39 is 6.10 Å². The van der Waals surface area contributed by atoms with Crippen molar-refractivity contribution < 1.29 is 5.11 Å². The molecule has 0 aliphatic carbocycles. The first kappa shape index (κ1) is 8.50. The second-order valence-corrected chi connectivity index (χ2v) is 2.93. The van der Waals surface area contributed by atoms with Gasteiger partial charge >= 0.3 is 0 Å². The van der Waals surface area contributed by atoms with Crippen LogP contribution >= 0.6 is 11.6 Å². The summed E-state index contributed by atoms with van der Waals surface area (Å²) in [6, 6.07) is 1.74. The van der Waals surface area contributed by atoms with Gasteiger partial charge in [-0.05, 0) is 25.5 Å². The first-order valence-electron chi connectivity index (χ1n) is 3.41. The number of hydrogen-bond acceptors (Lipinski definition) is 2. The van der Waals surface area contributed by atoms with E-state index in [0.29, 0.717) is 5.15 Å². The van der Waals surface area contributed by atoms with Gasteiger partial charge in [-0.1, -0.05) is 11.6 Å². The van der Waals surface area contributed by atoms with Crippen molar-refractivity contribution in [1.29, 1.82) is 0 Å². The molecule has 0 amide bonds. The molecule has 2 nitrogen and oxygen atoms in total. The van der Waals surface area contributed by atoms with Crippen LogP contribution < -0.4 is 0 Å². The number of aliphatic hydroxyl groups excluding tert-OH is 1. The molecule has 0 bridgehead atoms. The Bertz CT molecular complexity index is 260. The molecule has 1 aromatic rings. The Hall–Kier alpha value is -0.600. The van der Waals surface area contributed by atoms with Gasteiger partial charge in [-0.3, -0.25) is 0 Å². The van der Waals surface area contributed by atoms with Gasteiger partial charge in [-0.25, -0.2) is 4.98 Å². The van der Waals surface area contributed by atoms with Crippen molar-refractivity contribution >= 4 is 11.6 Å². The highest BCUT2D eigenvalue weighted by molar-refractivity contribution is 6.29. The summed E-state index contributed by atoms with van der Waals surface area (Å²) in [4.78, 5) is 3.87. The second kappa shape index (κ2) is 3.20. The van der Waals surface area contributed by atoms with Gasteiger partial charge in [0.1, 0.15) is 5.15 Å². The highest BCUT2D eigenvalue weighted by atomic mass is 35.5. The van der Waals surface area contributed by atoms with Gasteiger partial charge in [0.2, 0.25) is 0 Å². The van der Waals surface area contributed by atoms with Gasteiger partial charge in [0.05, 0.1) is 6.10 Å². The van der Waals surface area contributed by atoms with Crippen LogP contribution in [0.25, 0.3) is 0 Å². The van der Waals surface area contributed by atoms with Gasteiger partial charge in [0.15, 0.2) is 0 Å². The minimum absolute atomic E-state index is 0.465. The summed E-state index contributed by atoms with van der Waals surface area (Å²) < 4.78 is 0. The maximum Gasteiger partial charge on any atom is 0.129 e. The van der Waals surface area contributed by atoms with Gasteiger partial charge in [0.25, 0.3) is 0 Å². The van der Waals surface area contributed by atoms with E-state index in [9.17, 15) is 5.11 Å². The van der Waals surface area contributed by atoms with Gasteiger partial charge in [0, 0.05) is 11.8 Å². The fraction of sp³-hybridized carbons (Fsp3) is 0.375. The quantitative estimate of drug-likeness (QED) is 0.657. The zero-order chi connectivity index (χ0) is 8.43. The van der Waals surface area contributed by atoms with E-state index in [0.717, 1.165) is 11.1 Å². The summed E-state index contributed by atoms with van der Waals surface area (Å²) in [6.07, 6.45) is 1.13. The molecule has 1 aromatic heterocycles. The van der Waals surface area contributed by atoms with E-state index in [1.54, 1.807) is 19.2 Å². The minimum Gasteiger partial charge on any atom is -0.389 e. The lowest BCUT2D eigenvalue weighted by atomic mass is 10.1. The van der Waals surface area contributed by atoms with Crippen LogP contribution in [0.3, 0.4) is 0 Å². The maximum atomic E-state index is 9.21. The Morgan fingerprint density at radius 3 is 2.73 bits per heavy atom. The van der Waals surface area contributed by atoms with Crippen LogP contribution in [-0.4, -0.2) is 10.1 Å². The number of nitrogens with zero attached hydrogens (tertiary/aromatic N) is 1. The molecule has 0 saturated carbocycles. The summed E-state index contributed by atoms with van der Waals surface area (Å²) >= 11 is 5.63. The smallest absolute Gasteiger partial charge is 0.129 e. The van der Waals surface area contributed by atoms with Gasteiger partial charge in [-0.2, -0.15) is 0 Å². The topological polar surface area (TPSA) is 33.1 Å². The standard InChI is InChI=1S/C8H10ClNO/c1-5-3-8(9)10-4-7(5)6(2)11/h3-4,6,11H,1-2H3/t6-/m1/s1. The Labute approximate surface area is 70.8 Å². The van der Waals surface area contributed by atoms with Crippen LogP contribution in [0.2, 0.25) is 5.15 Å². The van der Waals surface area contributed by atoms with Gasteiger partial charge in [-0.15, -0.1) is 0 Å². The minimum atomic E-state index is -0.472. The van der Waals surface area contributed by atoms with E-state index in [-0.39, 0.29) is 0 Å². The number of aliphatic hydroxyl groups is 1. The second-order valence-electron chi connectivity index (χ2n) is 2.54. The summed E-state index contributed by atoms with van der Waals surface area (Å²) in [5.74, 6) is 0. The number of halogens is 1. The van der Waals surface area contributed by atoms with Crippen LogP contribution in [0.1, 0.15) is 24.2 Å². The molecule has 0 spiro atoms. The SMILES string of the molecule is Cc1cc(Cl)ncc1[C@@H](C)O. The first-order valence-corrected chi connectivity index (χ1v) is 3.79. The lowest BCUT2D eigenvalue weighted by Gasteiger charge is -2.06. The highest BCUT2D eigenvalue weighted by Gasteiger charge is 2.04.